The molecule has 0 N–H and O–H groups in total. The predicted molar refractivity (Wildman–Crippen MR) is 157 cm³/mol. The minimum atomic E-state index is -0.531. The maximum absolute atomic E-state index is 9.46. The van der Waals surface area contributed by atoms with Crippen LogP contribution in [0.4, 0.5) is 0 Å². The highest BCUT2D eigenvalue weighted by molar-refractivity contribution is 6.22. The molecule has 0 spiro atoms. The molecule has 7 aromatic carbocycles. The normalized spacial score (nSPS) is 15.2. The molecule has 8 aromatic rings. The van der Waals surface area contributed by atoms with E-state index in [4.69, 9.17) is 12.6 Å². The Balaban J connectivity index is 1.58. The molecular formula is C36H22O. The Labute approximate surface area is 226 Å². The largest absolute Gasteiger partial charge is 0.455 e. The van der Waals surface area contributed by atoms with Crippen LogP contribution in [0.3, 0.4) is 0 Å². The molecular weight excluding hydrogens is 448 g/mol. The zero-order chi connectivity index (χ0) is 32.2. The Morgan fingerprint density at radius 3 is 1.76 bits per heavy atom. The third kappa shape index (κ3) is 2.98. The topological polar surface area (TPSA) is 13.1 Å². The molecule has 0 amide bonds. The van der Waals surface area contributed by atoms with Crippen LogP contribution in [0.1, 0.15) is 12.3 Å². The lowest BCUT2D eigenvalue weighted by molar-refractivity contribution is 0.673. The van der Waals surface area contributed by atoms with Crippen molar-refractivity contribution in [2.24, 2.45) is 0 Å². The van der Waals surface area contributed by atoms with Crippen molar-refractivity contribution in [2.75, 3.05) is 0 Å². The zero-order valence-corrected chi connectivity index (χ0v) is 19.4. The van der Waals surface area contributed by atoms with Gasteiger partial charge in [0.05, 0.1) is 12.3 Å². The summed E-state index contributed by atoms with van der Waals surface area (Å²) in [6.45, 7) is 0. The molecule has 0 fully saturated rings. The standard InChI is InChI=1S/C36H22O/c1-2-11-24(12-3-1)34-28-14-6-8-16-30(28)35(31-17-9-7-15-29(31)34)25-19-20-27-32-21-18-23-10-4-5-13-26(23)36(32)37-33(27)22-25/h1-22H/i4D,5D,10D,13D,18D,19D,20D,21D,22D. The Morgan fingerprint density at radius 2 is 1.05 bits per heavy atom. The van der Waals surface area contributed by atoms with E-state index in [0.29, 0.717) is 5.56 Å². The third-order valence-electron chi connectivity index (χ3n) is 6.93. The van der Waals surface area contributed by atoms with Crippen LogP contribution in [-0.2, 0) is 0 Å². The highest BCUT2D eigenvalue weighted by Gasteiger charge is 2.18. The van der Waals surface area contributed by atoms with E-state index in [9.17, 15) is 4.11 Å². The average Bonchev–Trinajstić information content (AvgIpc) is 3.48. The number of hydrogen-bond acceptors (Lipinski definition) is 1. The summed E-state index contributed by atoms with van der Waals surface area (Å²) in [7, 11) is 0. The van der Waals surface area contributed by atoms with Crippen molar-refractivity contribution in [3.8, 4) is 22.3 Å². The van der Waals surface area contributed by atoms with Crippen LogP contribution in [-0.4, -0.2) is 0 Å². The number of benzene rings is 7. The van der Waals surface area contributed by atoms with Gasteiger partial charge < -0.3 is 4.42 Å². The smallest absolute Gasteiger partial charge is 0.143 e. The van der Waals surface area contributed by atoms with E-state index in [1.54, 1.807) is 0 Å². The van der Waals surface area contributed by atoms with E-state index in [-0.39, 0.29) is 56.4 Å². The van der Waals surface area contributed by atoms with Gasteiger partial charge in [-0.25, -0.2) is 0 Å². The summed E-state index contributed by atoms with van der Waals surface area (Å²) in [5, 5.41) is 3.10. The van der Waals surface area contributed by atoms with Crippen molar-refractivity contribution in [1.29, 1.82) is 0 Å². The SMILES string of the molecule is [2H]c1c([2H])c([2H])c2c(c1[2H])c([2H])c([2H])c1c2oc2c([2H])c(-c3c4ccccc4c(-c4ccccc4)c4ccccc34)c([2H])c([2H])c21. The molecule has 0 bridgehead atoms. The van der Waals surface area contributed by atoms with Crippen molar-refractivity contribution >= 4 is 54.3 Å². The molecule has 1 heterocycles. The lowest BCUT2D eigenvalue weighted by Crippen LogP contribution is -1.90. The van der Waals surface area contributed by atoms with Gasteiger partial charge in [-0.2, -0.15) is 0 Å². The summed E-state index contributed by atoms with van der Waals surface area (Å²) in [5.74, 6) is 0. The second-order valence-electron chi connectivity index (χ2n) is 8.97. The maximum Gasteiger partial charge on any atom is 0.143 e. The lowest BCUT2D eigenvalue weighted by Gasteiger charge is -2.17. The highest BCUT2D eigenvalue weighted by Crippen LogP contribution is 2.44. The van der Waals surface area contributed by atoms with Crippen molar-refractivity contribution in [3.63, 3.8) is 0 Å². The van der Waals surface area contributed by atoms with Gasteiger partial charge in [-0.1, -0.05) is 115 Å². The van der Waals surface area contributed by atoms with Gasteiger partial charge in [0.2, 0.25) is 0 Å². The van der Waals surface area contributed by atoms with E-state index >= 15 is 0 Å². The second kappa shape index (κ2) is 7.81. The highest BCUT2D eigenvalue weighted by atomic mass is 16.3. The van der Waals surface area contributed by atoms with Crippen LogP contribution in [0, 0.1) is 0 Å². The average molecular weight is 480 g/mol. The molecule has 1 nitrogen and oxygen atoms in total. The summed E-state index contributed by atoms with van der Waals surface area (Å²) in [6.07, 6.45) is 0. The van der Waals surface area contributed by atoms with E-state index in [1.807, 2.05) is 78.9 Å². The predicted octanol–water partition coefficient (Wildman–Crippen LogP) is 10.4. The van der Waals surface area contributed by atoms with Gasteiger partial charge >= 0.3 is 0 Å². The fraction of sp³-hybridized carbons (Fsp3) is 0. The van der Waals surface area contributed by atoms with Gasteiger partial charge in [-0.3, -0.25) is 0 Å². The quantitative estimate of drug-likeness (QED) is 0.225. The fourth-order valence-electron chi connectivity index (χ4n) is 5.34. The summed E-state index contributed by atoms with van der Waals surface area (Å²) in [6, 6.07) is 22.0. The fourth-order valence-corrected chi connectivity index (χ4v) is 5.34. The number of rotatable bonds is 2. The summed E-state index contributed by atoms with van der Waals surface area (Å²) >= 11 is 0. The van der Waals surface area contributed by atoms with Crippen LogP contribution in [0.2, 0.25) is 0 Å². The molecule has 0 atom stereocenters. The first kappa shape index (κ1) is 13.4. The van der Waals surface area contributed by atoms with Crippen LogP contribution >= 0.6 is 0 Å². The Hall–Kier alpha value is -4.88. The van der Waals surface area contributed by atoms with Crippen LogP contribution in [0.5, 0.6) is 0 Å². The molecule has 172 valence electrons. The third-order valence-corrected chi connectivity index (χ3v) is 6.93. The van der Waals surface area contributed by atoms with Crippen LogP contribution in [0.25, 0.3) is 76.5 Å². The Kier molecular flexibility index (Phi) is 2.84. The molecule has 0 aliphatic heterocycles. The Morgan fingerprint density at radius 1 is 0.459 bits per heavy atom. The summed E-state index contributed by atoms with van der Waals surface area (Å²) in [5.41, 5.74) is 2.60. The van der Waals surface area contributed by atoms with E-state index in [1.165, 1.54) is 0 Å². The van der Waals surface area contributed by atoms with Gasteiger partial charge in [0.15, 0.2) is 0 Å². The first-order valence-corrected chi connectivity index (χ1v) is 12.0. The molecule has 37 heavy (non-hydrogen) atoms. The monoisotopic (exact) mass is 479 g/mol. The molecule has 0 unspecified atom stereocenters. The zero-order valence-electron chi connectivity index (χ0n) is 28.4. The molecule has 0 aliphatic rings. The number of fused-ring (bicyclic) bond motifs is 7. The summed E-state index contributed by atoms with van der Waals surface area (Å²) in [4.78, 5) is 0. The van der Waals surface area contributed by atoms with Gasteiger partial charge in [0.25, 0.3) is 0 Å². The van der Waals surface area contributed by atoms with Gasteiger partial charge in [0.1, 0.15) is 11.2 Å². The summed E-state index contributed by atoms with van der Waals surface area (Å²) < 4.78 is 85.1. The first-order chi connectivity index (χ1) is 22.1. The molecule has 8 rings (SSSR count). The van der Waals surface area contributed by atoms with Crippen molar-refractivity contribution in [2.45, 2.75) is 0 Å². The molecule has 0 saturated carbocycles. The van der Waals surface area contributed by atoms with Crippen molar-refractivity contribution in [1.82, 2.24) is 0 Å². The lowest BCUT2D eigenvalue weighted by atomic mass is 9.86. The van der Waals surface area contributed by atoms with E-state index in [0.717, 1.165) is 32.7 Å². The van der Waals surface area contributed by atoms with Crippen molar-refractivity contribution < 1.29 is 16.8 Å². The molecule has 0 aliphatic carbocycles. The Bertz CT molecular complexity index is 2570. The molecule has 0 saturated heterocycles. The van der Waals surface area contributed by atoms with E-state index < -0.39 is 36.3 Å². The molecule has 0 radical (unpaired) electrons. The molecule has 1 aromatic heterocycles. The first-order valence-electron chi connectivity index (χ1n) is 16.5. The van der Waals surface area contributed by atoms with Crippen LogP contribution < -0.4 is 0 Å². The maximum atomic E-state index is 9.46. The van der Waals surface area contributed by atoms with Crippen LogP contribution in [0.15, 0.2) is 138 Å². The van der Waals surface area contributed by atoms with Gasteiger partial charge in [-0.15, -0.1) is 0 Å². The van der Waals surface area contributed by atoms with Crippen molar-refractivity contribution in [3.05, 3.63) is 133 Å². The molecule has 1 heteroatoms. The number of furan rings is 1. The van der Waals surface area contributed by atoms with Gasteiger partial charge in [-0.05, 0) is 67.3 Å². The van der Waals surface area contributed by atoms with E-state index in [2.05, 4.69) is 0 Å². The minimum Gasteiger partial charge on any atom is -0.455 e. The second-order valence-corrected chi connectivity index (χ2v) is 8.97. The van der Waals surface area contributed by atoms with Gasteiger partial charge in [0, 0.05) is 16.2 Å². The number of hydrogen-bond donors (Lipinski definition) is 0. The minimum absolute atomic E-state index is 0.00363.